The molecule has 1 rings (SSSR count). The molecule has 0 saturated carbocycles. The van der Waals surface area contributed by atoms with Crippen molar-refractivity contribution < 1.29 is 13.5 Å². The van der Waals surface area contributed by atoms with Gasteiger partial charge in [-0.15, -0.1) is 0 Å². The topological polar surface area (TPSA) is 69.6 Å². The number of rotatable bonds is 7. The van der Waals surface area contributed by atoms with Crippen molar-refractivity contribution in [2.75, 3.05) is 32.4 Å². The minimum Gasteiger partial charge on any atom is -0.393 e. The van der Waals surface area contributed by atoms with Gasteiger partial charge in [-0.2, -0.15) is 0 Å². The molecule has 5 nitrogen and oxygen atoms in total. The Kier molecular flexibility index (Phi) is 6.55. The number of nitrogens with one attached hydrogen (secondary N) is 1. The van der Waals surface area contributed by atoms with Crippen LogP contribution in [0.15, 0.2) is 0 Å². The first-order chi connectivity index (χ1) is 8.43. The molecule has 1 fully saturated rings. The Labute approximate surface area is 111 Å². The van der Waals surface area contributed by atoms with Crippen LogP contribution in [0.4, 0.5) is 0 Å². The fourth-order valence-electron chi connectivity index (χ4n) is 2.27. The van der Waals surface area contributed by atoms with Crippen molar-refractivity contribution in [3.8, 4) is 0 Å². The third-order valence-electron chi connectivity index (χ3n) is 3.51. The summed E-state index contributed by atoms with van der Waals surface area (Å²) in [6, 6.07) is 0. The number of aliphatic hydroxyl groups excluding tert-OH is 1. The quantitative estimate of drug-likeness (QED) is 0.662. The van der Waals surface area contributed by atoms with E-state index in [2.05, 4.69) is 5.32 Å². The Morgan fingerprint density at radius 1 is 1.50 bits per heavy atom. The second-order valence-corrected chi connectivity index (χ2v) is 7.17. The second-order valence-electron chi connectivity index (χ2n) is 5.18. The number of nitrogens with zero attached hydrogens (tertiary/aromatic N) is 1. The van der Waals surface area contributed by atoms with E-state index in [0.29, 0.717) is 19.0 Å². The van der Waals surface area contributed by atoms with E-state index in [9.17, 15) is 13.5 Å². The van der Waals surface area contributed by atoms with Crippen LogP contribution in [-0.4, -0.2) is 56.4 Å². The van der Waals surface area contributed by atoms with Crippen LogP contribution in [0.3, 0.4) is 0 Å². The van der Waals surface area contributed by atoms with Crippen LogP contribution in [-0.2, 0) is 10.0 Å². The van der Waals surface area contributed by atoms with Crippen molar-refractivity contribution in [2.45, 2.75) is 38.7 Å². The summed E-state index contributed by atoms with van der Waals surface area (Å²) in [6.45, 7) is 4.88. The van der Waals surface area contributed by atoms with E-state index in [4.69, 9.17) is 0 Å². The van der Waals surface area contributed by atoms with Crippen LogP contribution in [0.1, 0.15) is 32.6 Å². The standard InChI is InChI=1S/C12H26N2O3S/c1-3-12(15)6-7-13-9-11-5-4-8-14(10-11)18(2,16)17/h11-13,15H,3-10H2,1-2H3. The van der Waals surface area contributed by atoms with Crippen LogP contribution in [0.2, 0.25) is 0 Å². The third-order valence-corrected chi connectivity index (χ3v) is 4.78. The summed E-state index contributed by atoms with van der Waals surface area (Å²) < 4.78 is 24.5. The number of aliphatic hydroxyl groups is 1. The molecule has 0 aromatic carbocycles. The van der Waals surface area contributed by atoms with E-state index >= 15 is 0 Å². The molecule has 1 aliphatic rings. The molecule has 2 atom stereocenters. The maximum absolute atomic E-state index is 11.5. The van der Waals surface area contributed by atoms with Gasteiger partial charge in [-0.3, -0.25) is 0 Å². The van der Waals surface area contributed by atoms with Crippen molar-refractivity contribution in [2.24, 2.45) is 5.92 Å². The maximum atomic E-state index is 11.5. The molecule has 6 heteroatoms. The highest BCUT2D eigenvalue weighted by Gasteiger charge is 2.25. The van der Waals surface area contributed by atoms with E-state index in [1.807, 2.05) is 6.92 Å². The van der Waals surface area contributed by atoms with Crippen molar-refractivity contribution in [3.05, 3.63) is 0 Å². The molecule has 0 bridgehead atoms. The Bertz CT molecular complexity index is 332. The zero-order valence-corrected chi connectivity index (χ0v) is 12.2. The maximum Gasteiger partial charge on any atom is 0.211 e. The van der Waals surface area contributed by atoms with Gasteiger partial charge in [0.1, 0.15) is 0 Å². The van der Waals surface area contributed by atoms with E-state index in [0.717, 1.165) is 38.8 Å². The molecule has 0 aromatic rings. The van der Waals surface area contributed by atoms with E-state index in [1.165, 1.54) is 6.26 Å². The fraction of sp³-hybridized carbons (Fsp3) is 1.00. The summed E-state index contributed by atoms with van der Waals surface area (Å²) in [5.41, 5.74) is 0. The van der Waals surface area contributed by atoms with Crippen molar-refractivity contribution in [1.29, 1.82) is 0 Å². The van der Waals surface area contributed by atoms with Gasteiger partial charge >= 0.3 is 0 Å². The normalized spacial score (nSPS) is 24.1. The van der Waals surface area contributed by atoms with Gasteiger partial charge in [-0.1, -0.05) is 6.92 Å². The molecule has 2 N–H and O–H groups in total. The summed E-state index contributed by atoms with van der Waals surface area (Å²) >= 11 is 0. The zero-order chi connectivity index (χ0) is 13.6. The van der Waals surface area contributed by atoms with E-state index in [1.54, 1.807) is 4.31 Å². The van der Waals surface area contributed by atoms with Gasteiger partial charge in [-0.05, 0) is 44.7 Å². The Morgan fingerprint density at radius 2 is 2.22 bits per heavy atom. The van der Waals surface area contributed by atoms with E-state index in [-0.39, 0.29) is 6.10 Å². The lowest BCUT2D eigenvalue weighted by Crippen LogP contribution is -2.42. The third kappa shape index (κ3) is 5.65. The first-order valence-corrected chi connectivity index (χ1v) is 8.62. The molecular weight excluding hydrogens is 252 g/mol. The van der Waals surface area contributed by atoms with Crippen LogP contribution >= 0.6 is 0 Å². The molecule has 0 aromatic heterocycles. The van der Waals surface area contributed by atoms with Crippen LogP contribution in [0, 0.1) is 5.92 Å². The molecule has 1 heterocycles. The van der Waals surface area contributed by atoms with Crippen molar-refractivity contribution >= 4 is 10.0 Å². The van der Waals surface area contributed by atoms with Gasteiger partial charge in [0.25, 0.3) is 0 Å². The monoisotopic (exact) mass is 278 g/mol. The lowest BCUT2D eigenvalue weighted by atomic mass is 10.00. The molecule has 1 saturated heterocycles. The summed E-state index contributed by atoms with van der Waals surface area (Å²) in [5.74, 6) is 0.396. The number of piperidine rings is 1. The molecule has 0 amide bonds. The molecule has 18 heavy (non-hydrogen) atoms. The number of hydrogen-bond donors (Lipinski definition) is 2. The molecule has 0 radical (unpaired) electrons. The van der Waals surface area contributed by atoms with Gasteiger partial charge in [0, 0.05) is 13.1 Å². The van der Waals surface area contributed by atoms with E-state index < -0.39 is 10.0 Å². The predicted octanol–water partition coefficient (Wildman–Crippen LogP) is 0.409. The average Bonchev–Trinajstić information content (AvgIpc) is 2.33. The Balaban J connectivity index is 2.23. The lowest BCUT2D eigenvalue weighted by Gasteiger charge is -2.31. The summed E-state index contributed by atoms with van der Waals surface area (Å²) in [7, 11) is -3.04. The number of sulfonamides is 1. The minimum atomic E-state index is -3.04. The number of hydrogen-bond acceptors (Lipinski definition) is 4. The minimum absolute atomic E-state index is 0.226. The molecule has 0 spiro atoms. The van der Waals surface area contributed by atoms with Gasteiger partial charge < -0.3 is 10.4 Å². The SMILES string of the molecule is CCC(O)CCNCC1CCCN(S(C)(=O)=O)C1. The summed E-state index contributed by atoms with van der Waals surface area (Å²) in [4.78, 5) is 0. The molecular formula is C12H26N2O3S. The highest BCUT2D eigenvalue weighted by molar-refractivity contribution is 7.88. The Morgan fingerprint density at radius 3 is 2.83 bits per heavy atom. The van der Waals surface area contributed by atoms with Crippen LogP contribution in [0.5, 0.6) is 0 Å². The van der Waals surface area contributed by atoms with Crippen LogP contribution in [0.25, 0.3) is 0 Å². The van der Waals surface area contributed by atoms with Gasteiger partial charge in [0.15, 0.2) is 0 Å². The lowest BCUT2D eigenvalue weighted by molar-refractivity contribution is 0.158. The van der Waals surface area contributed by atoms with Crippen molar-refractivity contribution in [1.82, 2.24) is 9.62 Å². The molecule has 0 aliphatic carbocycles. The summed E-state index contributed by atoms with van der Waals surface area (Å²) in [5, 5.41) is 12.7. The molecule has 108 valence electrons. The Hall–Kier alpha value is -0.170. The summed E-state index contributed by atoms with van der Waals surface area (Å²) in [6.07, 6.45) is 4.62. The second kappa shape index (κ2) is 7.43. The average molecular weight is 278 g/mol. The first kappa shape index (κ1) is 15.9. The van der Waals surface area contributed by atoms with Gasteiger partial charge in [0.2, 0.25) is 10.0 Å². The largest absolute Gasteiger partial charge is 0.393 e. The molecule has 2 unspecified atom stereocenters. The molecule has 1 aliphatic heterocycles. The van der Waals surface area contributed by atoms with Crippen molar-refractivity contribution in [3.63, 3.8) is 0 Å². The predicted molar refractivity (Wildman–Crippen MR) is 72.9 cm³/mol. The highest BCUT2D eigenvalue weighted by Crippen LogP contribution is 2.17. The first-order valence-electron chi connectivity index (χ1n) is 6.77. The van der Waals surface area contributed by atoms with Crippen LogP contribution < -0.4 is 5.32 Å². The fourth-order valence-corrected chi connectivity index (χ4v) is 3.22. The van der Waals surface area contributed by atoms with Gasteiger partial charge in [0.05, 0.1) is 12.4 Å². The highest BCUT2D eigenvalue weighted by atomic mass is 32.2. The zero-order valence-electron chi connectivity index (χ0n) is 11.4. The van der Waals surface area contributed by atoms with Gasteiger partial charge in [-0.25, -0.2) is 12.7 Å². The smallest absolute Gasteiger partial charge is 0.211 e.